The molecule has 1 aliphatic rings. The smallest absolute Gasteiger partial charge is 0.243 e. The highest BCUT2D eigenvalue weighted by molar-refractivity contribution is 7.89. The summed E-state index contributed by atoms with van der Waals surface area (Å²) in [6.45, 7) is 10.1. The van der Waals surface area contributed by atoms with Crippen molar-refractivity contribution in [2.45, 2.75) is 38.6 Å². The van der Waals surface area contributed by atoms with Crippen molar-refractivity contribution in [1.29, 1.82) is 0 Å². The van der Waals surface area contributed by atoms with Crippen molar-refractivity contribution in [2.75, 3.05) is 39.8 Å². The number of nitrogens with zero attached hydrogens (tertiary/aromatic N) is 3. The first-order chi connectivity index (χ1) is 11.6. The number of likely N-dealkylation sites (N-methyl/N-ethyl adjacent to an activating group) is 1. The Kier molecular flexibility index (Phi) is 6.24. The van der Waals surface area contributed by atoms with E-state index >= 15 is 0 Å². The van der Waals surface area contributed by atoms with Gasteiger partial charge in [0, 0.05) is 39.3 Å². The Balaban J connectivity index is 1.99. The van der Waals surface area contributed by atoms with E-state index in [1.54, 1.807) is 24.1 Å². The van der Waals surface area contributed by atoms with Gasteiger partial charge >= 0.3 is 0 Å². The largest absolute Gasteiger partial charge is 0.342 e. The van der Waals surface area contributed by atoms with Crippen LogP contribution in [0, 0.1) is 13.8 Å². The van der Waals surface area contributed by atoms with E-state index in [9.17, 15) is 13.2 Å². The van der Waals surface area contributed by atoms with Crippen LogP contribution in [0.3, 0.4) is 0 Å². The monoisotopic (exact) mass is 367 g/mol. The second kappa shape index (κ2) is 7.85. The molecule has 2 rings (SSSR count). The van der Waals surface area contributed by atoms with Crippen molar-refractivity contribution in [3.05, 3.63) is 29.3 Å². The maximum Gasteiger partial charge on any atom is 0.243 e. The summed E-state index contributed by atoms with van der Waals surface area (Å²) >= 11 is 0. The number of hydrogen-bond donors (Lipinski definition) is 0. The number of sulfonamides is 1. The molecule has 0 saturated carbocycles. The van der Waals surface area contributed by atoms with Gasteiger partial charge in [0.05, 0.1) is 11.4 Å². The Morgan fingerprint density at radius 1 is 1.12 bits per heavy atom. The quantitative estimate of drug-likeness (QED) is 0.791. The molecule has 1 fully saturated rings. The summed E-state index contributed by atoms with van der Waals surface area (Å²) in [5.41, 5.74) is 2.05. The molecule has 25 heavy (non-hydrogen) atoms. The van der Waals surface area contributed by atoms with Gasteiger partial charge in [-0.25, -0.2) is 8.42 Å². The minimum atomic E-state index is -3.47. The van der Waals surface area contributed by atoms with Crippen molar-refractivity contribution >= 4 is 15.9 Å². The molecule has 0 aliphatic carbocycles. The summed E-state index contributed by atoms with van der Waals surface area (Å²) in [7, 11) is -1.67. The third kappa shape index (κ3) is 4.59. The minimum Gasteiger partial charge on any atom is -0.342 e. The Morgan fingerprint density at radius 3 is 2.24 bits per heavy atom. The Labute approximate surface area is 151 Å². The second-order valence-electron chi connectivity index (χ2n) is 7.02. The predicted octanol–water partition coefficient (Wildman–Crippen LogP) is 1.48. The van der Waals surface area contributed by atoms with Crippen LogP contribution in [0.15, 0.2) is 23.1 Å². The van der Waals surface area contributed by atoms with Crippen molar-refractivity contribution in [1.82, 2.24) is 14.1 Å². The highest BCUT2D eigenvalue weighted by atomic mass is 32.2. The first-order valence-corrected chi connectivity index (χ1v) is 10.1. The Hall–Kier alpha value is -1.44. The molecule has 0 bridgehead atoms. The molecule has 1 saturated heterocycles. The maximum absolute atomic E-state index is 12.8. The topological polar surface area (TPSA) is 60.9 Å². The van der Waals surface area contributed by atoms with Crippen LogP contribution >= 0.6 is 0 Å². The number of hydrogen-bond acceptors (Lipinski definition) is 4. The molecule has 1 aromatic carbocycles. The van der Waals surface area contributed by atoms with E-state index < -0.39 is 10.0 Å². The number of benzene rings is 1. The molecule has 0 radical (unpaired) electrons. The third-order valence-electron chi connectivity index (χ3n) is 4.97. The van der Waals surface area contributed by atoms with E-state index in [0.29, 0.717) is 37.6 Å². The van der Waals surface area contributed by atoms with E-state index in [1.165, 1.54) is 4.31 Å². The van der Waals surface area contributed by atoms with E-state index in [0.717, 1.165) is 11.1 Å². The van der Waals surface area contributed by atoms with Crippen LogP contribution in [-0.4, -0.2) is 74.2 Å². The summed E-state index contributed by atoms with van der Waals surface area (Å²) < 4.78 is 27.1. The number of aryl methyl sites for hydroxylation is 2. The lowest BCUT2D eigenvalue weighted by atomic mass is 10.1. The molecular formula is C18H29N3O3S. The summed E-state index contributed by atoms with van der Waals surface area (Å²) in [4.78, 5) is 16.3. The fraction of sp³-hybridized carbons (Fsp3) is 0.611. The number of carbonyl (C=O) groups is 1. The fourth-order valence-electron chi connectivity index (χ4n) is 2.74. The standard InChI is InChI=1S/C18H29N3O3S/c1-14(2)19(5)18(22)13-20-8-10-21(11-9-20)25(23,24)17-7-6-15(3)16(4)12-17/h6-7,12,14H,8-11,13H2,1-5H3. The van der Waals surface area contributed by atoms with Crippen LogP contribution in [0.1, 0.15) is 25.0 Å². The molecule has 0 aromatic heterocycles. The zero-order valence-corrected chi connectivity index (χ0v) is 16.6. The van der Waals surface area contributed by atoms with Gasteiger partial charge in [-0.15, -0.1) is 0 Å². The highest BCUT2D eigenvalue weighted by Gasteiger charge is 2.29. The molecule has 6 nitrogen and oxygen atoms in total. The molecule has 140 valence electrons. The lowest BCUT2D eigenvalue weighted by Gasteiger charge is -2.34. The number of amides is 1. The Bertz CT molecular complexity index is 723. The number of rotatable bonds is 5. The van der Waals surface area contributed by atoms with Crippen molar-refractivity contribution in [3.63, 3.8) is 0 Å². The molecule has 0 spiro atoms. The fourth-order valence-corrected chi connectivity index (χ4v) is 4.25. The van der Waals surface area contributed by atoms with Crippen LogP contribution in [0.2, 0.25) is 0 Å². The van der Waals surface area contributed by atoms with Gasteiger partial charge in [-0.2, -0.15) is 4.31 Å². The normalized spacial score (nSPS) is 17.0. The van der Waals surface area contributed by atoms with Crippen LogP contribution < -0.4 is 0 Å². The summed E-state index contributed by atoms with van der Waals surface area (Å²) in [5.74, 6) is 0.0699. The van der Waals surface area contributed by atoms with Gasteiger partial charge in [-0.3, -0.25) is 9.69 Å². The van der Waals surface area contributed by atoms with E-state index in [1.807, 2.05) is 38.7 Å². The molecule has 1 aromatic rings. The first-order valence-electron chi connectivity index (χ1n) is 8.68. The lowest BCUT2D eigenvalue weighted by molar-refractivity contribution is -0.132. The second-order valence-corrected chi connectivity index (χ2v) is 8.96. The number of piperazine rings is 1. The van der Waals surface area contributed by atoms with Gasteiger partial charge in [0.2, 0.25) is 15.9 Å². The van der Waals surface area contributed by atoms with Gasteiger partial charge in [-0.1, -0.05) is 6.07 Å². The maximum atomic E-state index is 12.8. The average molecular weight is 368 g/mol. The van der Waals surface area contributed by atoms with Crippen molar-refractivity contribution in [3.8, 4) is 0 Å². The predicted molar refractivity (Wildman–Crippen MR) is 99.0 cm³/mol. The molecule has 0 N–H and O–H groups in total. The van der Waals surface area contributed by atoms with Crippen LogP contribution in [0.25, 0.3) is 0 Å². The van der Waals surface area contributed by atoms with Gasteiger partial charge in [0.1, 0.15) is 0 Å². The van der Waals surface area contributed by atoms with Crippen LogP contribution in [-0.2, 0) is 14.8 Å². The molecule has 1 aliphatic heterocycles. The lowest BCUT2D eigenvalue weighted by Crippen LogP contribution is -2.51. The minimum absolute atomic E-state index is 0.0699. The van der Waals surface area contributed by atoms with Crippen LogP contribution in [0.5, 0.6) is 0 Å². The van der Waals surface area contributed by atoms with Gasteiger partial charge in [0.25, 0.3) is 0 Å². The summed E-state index contributed by atoms with van der Waals surface area (Å²) in [5, 5.41) is 0. The molecule has 1 amide bonds. The highest BCUT2D eigenvalue weighted by Crippen LogP contribution is 2.20. The molecule has 1 heterocycles. The van der Waals surface area contributed by atoms with Crippen LogP contribution in [0.4, 0.5) is 0 Å². The van der Waals surface area contributed by atoms with Gasteiger partial charge in [-0.05, 0) is 51.0 Å². The van der Waals surface area contributed by atoms with Gasteiger partial charge in [0.15, 0.2) is 0 Å². The van der Waals surface area contributed by atoms with Gasteiger partial charge < -0.3 is 4.90 Å². The first kappa shape index (κ1) is 19.9. The van der Waals surface area contributed by atoms with E-state index in [2.05, 4.69) is 0 Å². The number of carbonyl (C=O) groups excluding carboxylic acids is 1. The average Bonchev–Trinajstić information content (AvgIpc) is 2.56. The summed E-state index contributed by atoms with van der Waals surface area (Å²) in [6.07, 6.45) is 0. The molecule has 7 heteroatoms. The van der Waals surface area contributed by atoms with Crippen molar-refractivity contribution < 1.29 is 13.2 Å². The molecule has 0 atom stereocenters. The van der Waals surface area contributed by atoms with E-state index in [4.69, 9.17) is 0 Å². The van der Waals surface area contributed by atoms with Crippen molar-refractivity contribution in [2.24, 2.45) is 0 Å². The van der Waals surface area contributed by atoms with E-state index in [-0.39, 0.29) is 11.9 Å². The Morgan fingerprint density at radius 2 is 1.72 bits per heavy atom. The zero-order chi connectivity index (χ0) is 18.8. The molecular weight excluding hydrogens is 338 g/mol. The molecule has 0 unspecified atom stereocenters. The summed E-state index contributed by atoms with van der Waals surface area (Å²) in [6, 6.07) is 5.42. The third-order valence-corrected chi connectivity index (χ3v) is 6.87. The zero-order valence-electron chi connectivity index (χ0n) is 15.8. The SMILES string of the molecule is Cc1ccc(S(=O)(=O)N2CCN(CC(=O)N(C)C(C)C)CC2)cc1C.